The third-order valence-corrected chi connectivity index (χ3v) is 6.58. The summed E-state index contributed by atoms with van der Waals surface area (Å²) in [5.74, 6) is 1.97. The van der Waals surface area contributed by atoms with E-state index in [2.05, 4.69) is 49.6 Å². The second-order valence-corrected chi connectivity index (χ2v) is 9.13. The zero-order chi connectivity index (χ0) is 22.8. The molecular formula is C25H31N7O. The highest BCUT2D eigenvalue weighted by Crippen LogP contribution is 2.28. The standard InChI is InChI=1S/C25H31N7O/c1-17(2)32-16-28-21-7-5-19-14-27-25(30-23(19)24(21)32)29-22-8-6-20(15-26-22)31-11-9-18(10-12-31)4-3-13-33/h5-8,14-18,33H,3-4,9-13H2,1-2H3,(H,26,27,29,30). The normalized spacial score (nSPS) is 15.1. The predicted octanol–water partition coefficient (Wildman–Crippen LogP) is 4.69. The van der Waals surface area contributed by atoms with E-state index in [0.29, 0.717) is 18.6 Å². The molecule has 3 aromatic heterocycles. The molecule has 5 rings (SSSR count). The average molecular weight is 446 g/mol. The van der Waals surface area contributed by atoms with Crippen molar-refractivity contribution in [1.82, 2.24) is 24.5 Å². The van der Waals surface area contributed by atoms with Gasteiger partial charge < -0.3 is 19.9 Å². The molecule has 0 atom stereocenters. The molecule has 0 saturated carbocycles. The molecule has 1 aliphatic heterocycles. The third-order valence-electron chi connectivity index (χ3n) is 6.58. The topological polar surface area (TPSA) is 92.0 Å². The van der Waals surface area contributed by atoms with Gasteiger partial charge in [0, 0.05) is 37.3 Å². The highest BCUT2D eigenvalue weighted by molar-refractivity contribution is 6.02. The molecule has 2 N–H and O–H groups in total. The first-order chi connectivity index (χ1) is 16.1. The molecule has 0 spiro atoms. The number of nitrogens with zero attached hydrogens (tertiary/aromatic N) is 6. The first-order valence-corrected chi connectivity index (χ1v) is 11.8. The molecule has 0 amide bonds. The highest BCUT2D eigenvalue weighted by Gasteiger charge is 2.19. The number of aliphatic hydroxyl groups is 1. The van der Waals surface area contributed by atoms with E-state index in [1.54, 1.807) is 0 Å². The minimum Gasteiger partial charge on any atom is -0.396 e. The first-order valence-electron chi connectivity index (χ1n) is 11.8. The van der Waals surface area contributed by atoms with Crippen LogP contribution in [0, 0.1) is 5.92 Å². The monoisotopic (exact) mass is 445 g/mol. The van der Waals surface area contributed by atoms with Gasteiger partial charge in [-0.1, -0.05) is 0 Å². The van der Waals surface area contributed by atoms with Crippen molar-refractivity contribution < 1.29 is 5.11 Å². The van der Waals surface area contributed by atoms with Gasteiger partial charge in [-0.05, 0) is 69.7 Å². The maximum absolute atomic E-state index is 9.04. The number of anilines is 3. The second kappa shape index (κ2) is 9.31. The summed E-state index contributed by atoms with van der Waals surface area (Å²) >= 11 is 0. The number of hydrogen-bond acceptors (Lipinski definition) is 7. The number of pyridine rings is 1. The minimum atomic E-state index is 0.293. The Morgan fingerprint density at radius 2 is 1.91 bits per heavy atom. The summed E-state index contributed by atoms with van der Waals surface area (Å²) in [6.07, 6.45) is 10.0. The Bertz CT molecular complexity index is 1230. The van der Waals surface area contributed by atoms with Gasteiger partial charge >= 0.3 is 0 Å². The largest absolute Gasteiger partial charge is 0.396 e. The number of nitrogens with one attached hydrogen (secondary N) is 1. The van der Waals surface area contributed by atoms with E-state index in [1.807, 2.05) is 36.9 Å². The Balaban J connectivity index is 1.32. The number of benzene rings is 1. The van der Waals surface area contributed by atoms with Crippen molar-refractivity contribution in [2.75, 3.05) is 29.9 Å². The van der Waals surface area contributed by atoms with Crippen molar-refractivity contribution in [3.8, 4) is 0 Å². The van der Waals surface area contributed by atoms with Crippen LogP contribution in [-0.2, 0) is 0 Å². The van der Waals surface area contributed by atoms with Crippen molar-refractivity contribution in [3.05, 3.63) is 43.0 Å². The van der Waals surface area contributed by atoms with E-state index in [0.717, 1.165) is 65.3 Å². The quantitative estimate of drug-likeness (QED) is 0.426. The minimum absolute atomic E-state index is 0.293. The Labute approximate surface area is 193 Å². The molecule has 8 heteroatoms. The lowest BCUT2D eigenvalue weighted by Crippen LogP contribution is -2.33. The summed E-state index contributed by atoms with van der Waals surface area (Å²) in [5, 5.41) is 13.3. The van der Waals surface area contributed by atoms with Crippen molar-refractivity contribution in [1.29, 1.82) is 0 Å². The predicted molar refractivity (Wildman–Crippen MR) is 132 cm³/mol. The summed E-state index contributed by atoms with van der Waals surface area (Å²) in [7, 11) is 0. The van der Waals surface area contributed by atoms with Crippen LogP contribution < -0.4 is 10.2 Å². The van der Waals surface area contributed by atoms with Gasteiger partial charge in [-0.25, -0.2) is 19.9 Å². The molecule has 172 valence electrons. The van der Waals surface area contributed by atoms with Crippen molar-refractivity contribution in [2.45, 2.75) is 45.6 Å². The maximum atomic E-state index is 9.04. The van der Waals surface area contributed by atoms with Crippen LogP contribution in [0.5, 0.6) is 0 Å². The lowest BCUT2D eigenvalue weighted by molar-refractivity contribution is 0.261. The second-order valence-electron chi connectivity index (χ2n) is 9.13. The molecule has 0 aliphatic carbocycles. The Hall–Kier alpha value is -3.26. The molecule has 4 aromatic rings. The molecule has 0 bridgehead atoms. The van der Waals surface area contributed by atoms with Crippen LogP contribution in [0.1, 0.15) is 45.6 Å². The lowest BCUT2D eigenvalue weighted by Gasteiger charge is -2.33. The highest BCUT2D eigenvalue weighted by atomic mass is 16.2. The summed E-state index contributed by atoms with van der Waals surface area (Å²) in [6, 6.07) is 8.42. The fraction of sp³-hybridized carbons (Fsp3) is 0.440. The zero-order valence-electron chi connectivity index (χ0n) is 19.3. The summed E-state index contributed by atoms with van der Waals surface area (Å²) in [4.78, 5) is 20.8. The molecular weight excluding hydrogens is 414 g/mol. The smallest absolute Gasteiger partial charge is 0.228 e. The van der Waals surface area contributed by atoms with Crippen molar-refractivity contribution in [3.63, 3.8) is 0 Å². The number of piperidine rings is 1. The zero-order valence-corrected chi connectivity index (χ0v) is 19.3. The fourth-order valence-corrected chi connectivity index (χ4v) is 4.69. The van der Waals surface area contributed by atoms with Crippen LogP contribution in [0.3, 0.4) is 0 Å². The van der Waals surface area contributed by atoms with Crippen LogP contribution in [-0.4, -0.2) is 49.3 Å². The van der Waals surface area contributed by atoms with Gasteiger partial charge in [-0.15, -0.1) is 0 Å². The van der Waals surface area contributed by atoms with Gasteiger partial charge in [0.1, 0.15) is 11.3 Å². The summed E-state index contributed by atoms with van der Waals surface area (Å²) < 4.78 is 2.15. The van der Waals surface area contributed by atoms with Crippen LogP contribution in [0.4, 0.5) is 17.5 Å². The van der Waals surface area contributed by atoms with Crippen molar-refractivity contribution in [2.24, 2.45) is 5.92 Å². The molecule has 1 saturated heterocycles. The SMILES string of the molecule is CC(C)n1cnc2ccc3cnc(Nc4ccc(N5CCC(CCCO)CC5)cn4)nc3c21. The number of imidazole rings is 1. The van der Waals surface area contributed by atoms with E-state index >= 15 is 0 Å². The number of aliphatic hydroxyl groups excluding tert-OH is 1. The molecule has 1 aliphatic rings. The molecule has 0 unspecified atom stereocenters. The maximum Gasteiger partial charge on any atom is 0.228 e. The molecule has 1 aromatic carbocycles. The van der Waals surface area contributed by atoms with E-state index < -0.39 is 0 Å². The average Bonchev–Trinajstić information content (AvgIpc) is 3.29. The Morgan fingerprint density at radius 3 is 2.64 bits per heavy atom. The van der Waals surface area contributed by atoms with Crippen LogP contribution in [0.15, 0.2) is 43.0 Å². The van der Waals surface area contributed by atoms with Gasteiger partial charge in [0.2, 0.25) is 5.95 Å². The molecule has 33 heavy (non-hydrogen) atoms. The van der Waals surface area contributed by atoms with Gasteiger partial charge in [0.15, 0.2) is 0 Å². The summed E-state index contributed by atoms with van der Waals surface area (Å²) in [5.41, 5.74) is 3.99. The summed E-state index contributed by atoms with van der Waals surface area (Å²) in [6.45, 7) is 6.66. The lowest BCUT2D eigenvalue weighted by atomic mass is 9.92. The van der Waals surface area contributed by atoms with Crippen LogP contribution >= 0.6 is 0 Å². The Morgan fingerprint density at radius 1 is 1.06 bits per heavy atom. The number of aromatic nitrogens is 5. The van der Waals surface area contributed by atoms with Gasteiger partial charge in [0.25, 0.3) is 0 Å². The van der Waals surface area contributed by atoms with E-state index in [1.165, 1.54) is 12.8 Å². The molecule has 4 heterocycles. The first kappa shape index (κ1) is 21.6. The van der Waals surface area contributed by atoms with Crippen LogP contribution in [0.25, 0.3) is 21.9 Å². The van der Waals surface area contributed by atoms with Gasteiger partial charge in [-0.3, -0.25) is 0 Å². The Kier molecular flexibility index (Phi) is 6.09. The van der Waals surface area contributed by atoms with Crippen LogP contribution in [0.2, 0.25) is 0 Å². The number of rotatable bonds is 7. The van der Waals surface area contributed by atoms with E-state index in [-0.39, 0.29) is 0 Å². The molecule has 0 radical (unpaired) electrons. The van der Waals surface area contributed by atoms with E-state index in [9.17, 15) is 0 Å². The number of hydrogen-bond donors (Lipinski definition) is 2. The molecule has 8 nitrogen and oxygen atoms in total. The fourth-order valence-electron chi connectivity index (χ4n) is 4.69. The van der Waals surface area contributed by atoms with Gasteiger partial charge in [0.05, 0.1) is 29.2 Å². The van der Waals surface area contributed by atoms with Crippen molar-refractivity contribution >= 4 is 39.4 Å². The third kappa shape index (κ3) is 4.48. The molecule has 1 fully saturated rings. The van der Waals surface area contributed by atoms with E-state index in [4.69, 9.17) is 10.1 Å². The van der Waals surface area contributed by atoms with Gasteiger partial charge in [-0.2, -0.15) is 0 Å². The number of fused-ring (bicyclic) bond motifs is 3.